The third kappa shape index (κ3) is 3.86. The average molecular weight is 466 g/mol. The smallest absolute Gasteiger partial charge is 0.293 e. The molecule has 0 aromatic heterocycles. The first-order valence-electron chi connectivity index (χ1n) is 9.54. The molecule has 0 saturated carbocycles. The van der Waals surface area contributed by atoms with Crippen molar-refractivity contribution in [2.75, 3.05) is 18.8 Å². The Kier molecular flexibility index (Phi) is 5.87. The lowest BCUT2D eigenvalue weighted by Gasteiger charge is -2.29. The van der Waals surface area contributed by atoms with E-state index in [9.17, 15) is 19.2 Å². The molecule has 3 heterocycles. The zero-order valence-electron chi connectivity index (χ0n) is 16.2. The molecule has 30 heavy (non-hydrogen) atoms. The van der Waals surface area contributed by atoms with Crippen molar-refractivity contribution in [1.82, 2.24) is 15.1 Å². The molecular weight excluding hydrogens is 446 g/mol. The fraction of sp³-hybridized carbons (Fsp3) is 0.400. The predicted octanol–water partition coefficient (Wildman–Crippen LogP) is 2.95. The first kappa shape index (κ1) is 21.3. The highest BCUT2D eigenvalue weighted by Gasteiger charge is 2.52. The van der Waals surface area contributed by atoms with Crippen molar-refractivity contribution in [3.63, 3.8) is 0 Å². The fourth-order valence-corrected chi connectivity index (χ4v) is 6.33. The fourth-order valence-electron chi connectivity index (χ4n) is 3.85. The summed E-state index contributed by atoms with van der Waals surface area (Å²) in [4.78, 5) is 52.4. The van der Waals surface area contributed by atoms with Crippen LogP contribution in [0.3, 0.4) is 0 Å². The van der Waals surface area contributed by atoms with Crippen LogP contribution in [0.1, 0.15) is 25.3 Å². The number of benzene rings is 1. The van der Waals surface area contributed by atoms with Gasteiger partial charge in [0, 0.05) is 30.3 Å². The minimum absolute atomic E-state index is 0.00157. The summed E-state index contributed by atoms with van der Waals surface area (Å²) >= 11 is 8.60. The van der Waals surface area contributed by atoms with Gasteiger partial charge in [-0.3, -0.25) is 24.1 Å². The van der Waals surface area contributed by atoms with E-state index in [0.717, 1.165) is 23.1 Å². The van der Waals surface area contributed by atoms with Gasteiger partial charge in [0.1, 0.15) is 6.04 Å². The number of nitrogens with zero attached hydrogens (tertiary/aromatic N) is 2. The molecule has 3 aliphatic heterocycles. The van der Waals surface area contributed by atoms with Crippen LogP contribution in [0.15, 0.2) is 29.2 Å². The molecule has 2 atom stereocenters. The number of rotatable bonds is 5. The van der Waals surface area contributed by atoms with Gasteiger partial charge in [0.25, 0.3) is 11.1 Å². The minimum atomic E-state index is -0.509. The summed E-state index contributed by atoms with van der Waals surface area (Å²) in [5.74, 6) is -0.104. The summed E-state index contributed by atoms with van der Waals surface area (Å²) in [6, 6.07) is 6.56. The number of carbonyl (C=O) groups is 4. The van der Waals surface area contributed by atoms with Crippen molar-refractivity contribution in [1.29, 1.82) is 0 Å². The molecule has 3 saturated heterocycles. The van der Waals surface area contributed by atoms with E-state index in [4.69, 9.17) is 11.6 Å². The van der Waals surface area contributed by atoms with Crippen LogP contribution in [0, 0.1) is 0 Å². The molecule has 0 aliphatic carbocycles. The Hall–Kier alpha value is -1.97. The number of nitrogens with one attached hydrogen (secondary N) is 1. The van der Waals surface area contributed by atoms with Crippen molar-refractivity contribution < 1.29 is 19.2 Å². The van der Waals surface area contributed by atoms with Crippen molar-refractivity contribution in [3.8, 4) is 0 Å². The third-order valence-electron chi connectivity index (χ3n) is 5.45. The lowest BCUT2D eigenvalue weighted by molar-refractivity contribution is -0.137. The van der Waals surface area contributed by atoms with Crippen LogP contribution in [-0.2, 0) is 14.4 Å². The van der Waals surface area contributed by atoms with Gasteiger partial charge in [-0.1, -0.05) is 29.8 Å². The maximum atomic E-state index is 12.6. The van der Waals surface area contributed by atoms with Crippen LogP contribution in [0.2, 0.25) is 5.02 Å². The number of fused-ring (bicyclic) bond motifs is 1. The molecule has 0 bridgehead atoms. The highest BCUT2D eigenvalue weighted by Crippen LogP contribution is 2.47. The van der Waals surface area contributed by atoms with Crippen molar-refractivity contribution in [3.05, 3.63) is 39.8 Å². The van der Waals surface area contributed by atoms with E-state index in [1.54, 1.807) is 47.0 Å². The van der Waals surface area contributed by atoms with E-state index >= 15 is 0 Å². The van der Waals surface area contributed by atoms with Gasteiger partial charge >= 0.3 is 0 Å². The number of imide groups is 1. The SMILES string of the molecule is C[C@]12CCC(=O)N1[C@@H](C(=O)NCCN1C(=O)S/C(=C/c3ccccc3Cl)C1=O)CS2. The standard InChI is InChI=1S/C20H20ClN3O4S2/c1-20-7-6-16(25)24(20)14(11-29-20)17(26)22-8-9-23-18(27)15(30-19(23)28)10-12-4-2-3-5-13(12)21/h2-5,10,14H,6-9,11H2,1H3,(H,22,26)/b15-10+/t14-,20+/m1/s1. The monoisotopic (exact) mass is 465 g/mol. The van der Waals surface area contributed by atoms with Crippen LogP contribution in [0.5, 0.6) is 0 Å². The quantitative estimate of drug-likeness (QED) is 0.673. The van der Waals surface area contributed by atoms with Crippen LogP contribution < -0.4 is 5.32 Å². The summed E-state index contributed by atoms with van der Waals surface area (Å²) in [5.41, 5.74) is 0.662. The first-order chi connectivity index (χ1) is 14.3. The Bertz CT molecular complexity index is 969. The maximum Gasteiger partial charge on any atom is 0.293 e. The lowest BCUT2D eigenvalue weighted by atomic mass is 10.2. The van der Waals surface area contributed by atoms with Gasteiger partial charge in [0.2, 0.25) is 11.8 Å². The molecule has 7 nitrogen and oxygen atoms in total. The Morgan fingerprint density at radius 3 is 2.87 bits per heavy atom. The Labute approximate surface area is 187 Å². The van der Waals surface area contributed by atoms with Gasteiger partial charge in [0.05, 0.1) is 9.78 Å². The molecule has 158 valence electrons. The van der Waals surface area contributed by atoms with Gasteiger partial charge in [0.15, 0.2) is 0 Å². The van der Waals surface area contributed by atoms with E-state index in [1.165, 1.54) is 0 Å². The Balaban J connectivity index is 1.35. The highest BCUT2D eigenvalue weighted by atomic mass is 35.5. The van der Waals surface area contributed by atoms with Gasteiger partial charge in [-0.25, -0.2) is 0 Å². The zero-order valence-corrected chi connectivity index (χ0v) is 18.6. The number of hydrogen-bond donors (Lipinski definition) is 1. The van der Waals surface area contributed by atoms with E-state index in [0.29, 0.717) is 27.7 Å². The lowest BCUT2D eigenvalue weighted by Crippen LogP contribution is -2.51. The third-order valence-corrected chi connectivity index (χ3v) is 8.20. The Morgan fingerprint density at radius 1 is 1.33 bits per heavy atom. The summed E-state index contributed by atoms with van der Waals surface area (Å²) in [6.07, 6.45) is 2.80. The normalized spacial score (nSPS) is 27.3. The number of thioether (sulfide) groups is 2. The van der Waals surface area contributed by atoms with Crippen LogP contribution in [0.25, 0.3) is 6.08 Å². The number of amides is 4. The van der Waals surface area contributed by atoms with Gasteiger partial charge in [-0.2, -0.15) is 0 Å². The van der Waals surface area contributed by atoms with Crippen LogP contribution in [-0.4, -0.2) is 62.5 Å². The molecule has 3 aliphatic rings. The zero-order chi connectivity index (χ0) is 21.5. The second-order valence-corrected chi connectivity index (χ2v) is 10.3. The van der Waals surface area contributed by atoms with Gasteiger partial charge in [-0.05, 0) is 42.8 Å². The molecule has 4 rings (SSSR count). The minimum Gasteiger partial charge on any atom is -0.352 e. The number of hydrogen-bond acceptors (Lipinski definition) is 6. The summed E-state index contributed by atoms with van der Waals surface area (Å²) in [5, 5.41) is 2.89. The first-order valence-corrected chi connectivity index (χ1v) is 11.7. The second-order valence-electron chi connectivity index (χ2n) is 7.41. The summed E-state index contributed by atoms with van der Waals surface area (Å²) in [6.45, 7) is 2.19. The van der Waals surface area contributed by atoms with E-state index in [-0.39, 0.29) is 35.0 Å². The predicted molar refractivity (Wildman–Crippen MR) is 118 cm³/mol. The largest absolute Gasteiger partial charge is 0.352 e. The topological polar surface area (TPSA) is 86.8 Å². The molecule has 4 amide bonds. The van der Waals surface area contributed by atoms with E-state index in [2.05, 4.69) is 5.32 Å². The molecule has 1 aromatic carbocycles. The molecule has 1 aromatic rings. The molecule has 0 unspecified atom stereocenters. The molecular formula is C20H20ClN3O4S2. The molecule has 10 heteroatoms. The van der Waals surface area contributed by atoms with Crippen molar-refractivity contribution in [2.45, 2.75) is 30.7 Å². The van der Waals surface area contributed by atoms with Crippen LogP contribution >= 0.6 is 35.1 Å². The molecule has 0 radical (unpaired) electrons. The number of carbonyl (C=O) groups excluding carboxylic acids is 4. The Morgan fingerprint density at radius 2 is 2.10 bits per heavy atom. The van der Waals surface area contributed by atoms with Crippen LogP contribution in [0.4, 0.5) is 4.79 Å². The van der Waals surface area contributed by atoms with Gasteiger partial charge in [-0.15, -0.1) is 11.8 Å². The second kappa shape index (κ2) is 8.28. The highest BCUT2D eigenvalue weighted by molar-refractivity contribution is 8.18. The molecule has 1 N–H and O–H groups in total. The molecule has 0 spiro atoms. The number of halogens is 1. The maximum absolute atomic E-state index is 12.6. The molecule has 3 fully saturated rings. The van der Waals surface area contributed by atoms with E-state index < -0.39 is 11.9 Å². The van der Waals surface area contributed by atoms with Crippen molar-refractivity contribution in [2.24, 2.45) is 0 Å². The van der Waals surface area contributed by atoms with Crippen molar-refractivity contribution >= 4 is 64.2 Å². The average Bonchev–Trinajstić information content (AvgIpc) is 3.30. The summed E-state index contributed by atoms with van der Waals surface area (Å²) in [7, 11) is 0. The summed E-state index contributed by atoms with van der Waals surface area (Å²) < 4.78 is 0. The van der Waals surface area contributed by atoms with Gasteiger partial charge < -0.3 is 10.2 Å². The van der Waals surface area contributed by atoms with E-state index in [1.807, 2.05) is 6.92 Å².